The van der Waals surface area contributed by atoms with Gasteiger partial charge in [0.25, 0.3) is 10.0 Å². The highest BCUT2D eigenvalue weighted by Crippen LogP contribution is 2.50. The highest BCUT2D eigenvalue weighted by Gasteiger charge is 2.38. The Labute approximate surface area is 182 Å². The number of ether oxygens (including phenoxy) is 1. The van der Waals surface area contributed by atoms with Crippen molar-refractivity contribution in [1.82, 2.24) is 0 Å². The number of hydrogen-bond donors (Lipinski definition) is 2. The SMILES string of the molecule is COc1ccc(NS(=O)(=O)c2ccc3c(c2)[C@@H]2C=CC[C@H]2[C@H](c2ccccc2)N3)cc1. The standard InChI is InChI=1S/C25H24N2O3S/c1-30-19-12-10-18(11-13-19)27-31(28,29)20-14-15-24-23(16-20)21-8-5-9-22(21)25(26-24)17-6-3-2-4-7-17/h2-8,10-16,21-22,25-27H,9H2,1H3/t21-,22-,25+/m1/s1. The second kappa shape index (κ2) is 7.78. The first-order valence-corrected chi connectivity index (χ1v) is 11.8. The van der Waals surface area contributed by atoms with Crippen molar-refractivity contribution >= 4 is 21.4 Å². The number of rotatable bonds is 5. The van der Waals surface area contributed by atoms with Crippen LogP contribution in [-0.2, 0) is 10.0 Å². The predicted molar refractivity (Wildman–Crippen MR) is 123 cm³/mol. The molecule has 2 aliphatic rings. The van der Waals surface area contributed by atoms with Gasteiger partial charge in [-0.15, -0.1) is 0 Å². The number of allylic oxidation sites excluding steroid dienone is 2. The van der Waals surface area contributed by atoms with E-state index in [0.717, 1.165) is 17.7 Å². The van der Waals surface area contributed by atoms with Crippen LogP contribution in [0.5, 0.6) is 5.75 Å². The van der Waals surface area contributed by atoms with Gasteiger partial charge < -0.3 is 10.1 Å². The highest BCUT2D eigenvalue weighted by molar-refractivity contribution is 7.92. The van der Waals surface area contributed by atoms with Crippen molar-refractivity contribution in [3.05, 3.63) is 96.1 Å². The van der Waals surface area contributed by atoms with Crippen LogP contribution in [0.3, 0.4) is 0 Å². The molecule has 0 amide bonds. The summed E-state index contributed by atoms with van der Waals surface area (Å²) in [6, 6.07) is 22.8. The molecule has 0 unspecified atom stereocenters. The van der Waals surface area contributed by atoms with E-state index in [1.807, 2.05) is 18.2 Å². The van der Waals surface area contributed by atoms with Gasteiger partial charge >= 0.3 is 0 Å². The predicted octanol–water partition coefficient (Wildman–Crippen LogP) is 5.32. The van der Waals surface area contributed by atoms with Gasteiger partial charge in [0.1, 0.15) is 5.75 Å². The molecule has 0 saturated heterocycles. The lowest BCUT2D eigenvalue weighted by Crippen LogP contribution is -2.29. The summed E-state index contributed by atoms with van der Waals surface area (Å²) in [5.74, 6) is 1.23. The lowest BCUT2D eigenvalue weighted by atomic mass is 9.77. The number of nitrogens with one attached hydrogen (secondary N) is 2. The van der Waals surface area contributed by atoms with E-state index in [9.17, 15) is 8.42 Å². The molecule has 158 valence electrons. The summed E-state index contributed by atoms with van der Waals surface area (Å²) in [6.07, 6.45) is 5.39. The Hall–Kier alpha value is -3.25. The van der Waals surface area contributed by atoms with Crippen molar-refractivity contribution in [3.63, 3.8) is 0 Å². The number of sulfonamides is 1. The molecule has 0 spiro atoms. The van der Waals surface area contributed by atoms with E-state index in [2.05, 4.69) is 46.5 Å². The van der Waals surface area contributed by atoms with Gasteiger partial charge in [0.05, 0.1) is 18.0 Å². The van der Waals surface area contributed by atoms with E-state index in [1.54, 1.807) is 37.4 Å². The second-order valence-corrected chi connectivity index (χ2v) is 9.65. The zero-order valence-electron chi connectivity index (χ0n) is 17.2. The minimum atomic E-state index is -3.70. The van der Waals surface area contributed by atoms with E-state index >= 15 is 0 Å². The number of hydrogen-bond acceptors (Lipinski definition) is 4. The van der Waals surface area contributed by atoms with Gasteiger partial charge in [-0.3, -0.25) is 4.72 Å². The molecule has 0 aromatic heterocycles. The van der Waals surface area contributed by atoms with E-state index in [4.69, 9.17) is 4.74 Å². The molecule has 3 atom stereocenters. The van der Waals surface area contributed by atoms with E-state index in [0.29, 0.717) is 17.4 Å². The molecule has 0 saturated carbocycles. The Morgan fingerprint density at radius 2 is 1.77 bits per heavy atom. The maximum Gasteiger partial charge on any atom is 0.261 e. The molecule has 0 radical (unpaired) electrons. The summed E-state index contributed by atoms with van der Waals surface area (Å²) in [6.45, 7) is 0. The maximum absolute atomic E-state index is 13.0. The summed E-state index contributed by atoms with van der Waals surface area (Å²) in [5.41, 5.74) is 3.78. The first-order valence-electron chi connectivity index (χ1n) is 10.3. The third kappa shape index (κ3) is 3.68. The van der Waals surface area contributed by atoms with Crippen molar-refractivity contribution in [2.24, 2.45) is 5.92 Å². The fourth-order valence-corrected chi connectivity index (χ4v) is 5.70. The number of fused-ring (bicyclic) bond motifs is 3. The average molecular weight is 433 g/mol. The summed E-state index contributed by atoms with van der Waals surface area (Å²) in [4.78, 5) is 0.265. The Bertz CT molecular complexity index is 1220. The third-order valence-electron chi connectivity index (χ3n) is 6.15. The number of benzene rings is 3. The topological polar surface area (TPSA) is 67.4 Å². The Morgan fingerprint density at radius 1 is 1.00 bits per heavy atom. The molecule has 0 fully saturated rings. The third-order valence-corrected chi connectivity index (χ3v) is 7.52. The Morgan fingerprint density at radius 3 is 2.52 bits per heavy atom. The smallest absolute Gasteiger partial charge is 0.261 e. The van der Waals surface area contributed by atoms with Crippen LogP contribution in [0.1, 0.15) is 29.5 Å². The zero-order valence-corrected chi connectivity index (χ0v) is 18.0. The van der Waals surface area contributed by atoms with Crippen molar-refractivity contribution in [2.75, 3.05) is 17.1 Å². The fourth-order valence-electron chi connectivity index (χ4n) is 4.60. The molecule has 31 heavy (non-hydrogen) atoms. The molecule has 3 aromatic carbocycles. The minimum absolute atomic E-state index is 0.192. The quantitative estimate of drug-likeness (QED) is 0.535. The molecule has 3 aromatic rings. The normalized spacial score (nSPS) is 21.6. The average Bonchev–Trinajstić information content (AvgIpc) is 3.29. The van der Waals surface area contributed by atoms with Crippen LogP contribution in [-0.4, -0.2) is 15.5 Å². The van der Waals surface area contributed by atoms with Gasteiger partial charge in [0.15, 0.2) is 0 Å². The number of anilines is 2. The van der Waals surface area contributed by atoms with Gasteiger partial charge in [-0.25, -0.2) is 8.42 Å². The molecule has 2 N–H and O–H groups in total. The van der Waals surface area contributed by atoms with Crippen LogP contribution >= 0.6 is 0 Å². The molecule has 6 heteroatoms. The van der Waals surface area contributed by atoms with Crippen LogP contribution in [0.15, 0.2) is 89.8 Å². The van der Waals surface area contributed by atoms with Gasteiger partial charge in [0.2, 0.25) is 0 Å². The summed E-state index contributed by atoms with van der Waals surface area (Å²) >= 11 is 0. The lowest BCUT2D eigenvalue weighted by Gasteiger charge is -2.37. The van der Waals surface area contributed by atoms with Gasteiger partial charge in [0, 0.05) is 17.3 Å². The number of methoxy groups -OCH3 is 1. The second-order valence-electron chi connectivity index (χ2n) is 7.97. The first-order chi connectivity index (χ1) is 15.0. The van der Waals surface area contributed by atoms with Gasteiger partial charge in [-0.1, -0.05) is 42.5 Å². The minimum Gasteiger partial charge on any atom is -0.497 e. The van der Waals surface area contributed by atoms with Gasteiger partial charge in [-0.05, 0) is 65.9 Å². The molecule has 5 nitrogen and oxygen atoms in total. The zero-order chi connectivity index (χ0) is 21.4. The first kappa shape index (κ1) is 19.7. The van der Waals surface area contributed by atoms with Crippen molar-refractivity contribution < 1.29 is 13.2 Å². The largest absolute Gasteiger partial charge is 0.497 e. The van der Waals surface area contributed by atoms with E-state index < -0.39 is 10.0 Å². The lowest BCUT2D eigenvalue weighted by molar-refractivity contribution is 0.415. The summed E-state index contributed by atoms with van der Waals surface area (Å²) < 4.78 is 33.9. The van der Waals surface area contributed by atoms with Gasteiger partial charge in [-0.2, -0.15) is 0 Å². The molecule has 1 heterocycles. The van der Waals surface area contributed by atoms with Crippen molar-refractivity contribution in [3.8, 4) is 5.75 Å². The van der Waals surface area contributed by atoms with E-state index in [-0.39, 0.29) is 16.9 Å². The van der Waals surface area contributed by atoms with Crippen LogP contribution in [0.2, 0.25) is 0 Å². The Kier molecular flexibility index (Phi) is 4.94. The van der Waals surface area contributed by atoms with Crippen molar-refractivity contribution in [2.45, 2.75) is 23.3 Å². The summed E-state index contributed by atoms with van der Waals surface area (Å²) in [7, 11) is -2.13. The molecular formula is C25H24N2O3S. The van der Waals surface area contributed by atoms with Crippen molar-refractivity contribution in [1.29, 1.82) is 0 Å². The molecule has 0 bridgehead atoms. The van der Waals surface area contributed by atoms with Crippen LogP contribution < -0.4 is 14.8 Å². The molecule has 5 rings (SSSR count). The highest BCUT2D eigenvalue weighted by atomic mass is 32.2. The molecule has 1 aliphatic carbocycles. The van der Waals surface area contributed by atoms with Crippen LogP contribution in [0.4, 0.5) is 11.4 Å². The Balaban J connectivity index is 1.46. The maximum atomic E-state index is 13.0. The monoisotopic (exact) mass is 432 g/mol. The van der Waals surface area contributed by atoms with E-state index in [1.165, 1.54) is 5.56 Å². The van der Waals surface area contributed by atoms with Crippen LogP contribution in [0.25, 0.3) is 0 Å². The molecular weight excluding hydrogens is 408 g/mol. The summed E-state index contributed by atoms with van der Waals surface area (Å²) in [5, 5.41) is 3.66. The fraction of sp³-hybridized carbons (Fsp3) is 0.200. The van der Waals surface area contributed by atoms with Crippen LogP contribution in [0, 0.1) is 5.92 Å². The molecule has 1 aliphatic heterocycles.